The van der Waals surface area contributed by atoms with Crippen LogP contribution >= 0.6 is 0 Å². The average molecular weight is 328 g/mol. The van der Waals surface area contributed by atoms with Crippen LogP contribution in [0.5, 0.6) is 0 Å². The van der Waals surface area contributed by atoms with Crippen molar-refractivity contribution < 1.29 is 4.74 Å². The van der Waals surface area contributed by atoms with E-state index >= 15 is 0 Å². The molecule has 0 saturated carbocycles. The quantitative estimate of drug-likeness (QED) is 0.891. The first-order valence-electron chi connectivity index (χ1n) is 8.12. The molecule has 0 aliphatic carbocycles. The molecule has 0 spiro atoms. The molecular weight excluding hydrogens is 308 g/mol. The Bertz CT molecular complexity index is 887. The molecule has 0 unspecified atom stereocenters. The Hall–Kier alpha value is -2.43. The Morgan fingerprint density at radius 1 is 1.38 bits per heavy atom. The summed E-state index contributed by atoms with van der Waals surface area (Å²) in [6, 6.07) is 5.17. The zero-order chi connectivity index (χ0) is 17.1. The third kappa shape index (κ3) is 3.11. The highest BCUT2D eigenvalue weighted by Crippen LogP contribution is 2.11. The van der Waals surface area contributed by atoms with Crippen molar-refractivity contribution in [2.75, 3.05) is 26.3 Å². The number of aromatic nitrogens is 2. The van der Waals surface area contributed by atoms with Gasteiger partial charge in [-0.2, -0.15) is 5.26 Å². The molecule has 1 fully saturated rings. The number of nitrogens with zero attached hydrogens (tertiary/aromatic N) is 3. The first-order valence-corrected chi connectivity index (χ1v) is 8.12. The van der Waals surface area contributed by atoms with Crippen molar-refractivity contribution in [3.05, 3.63) is 44.6 Å². The van der Waals surface area contributed by atoms with E-state index in [1.54, 1.807) is 16.8 Å². The van der Waals surface area contributed by atoms with Gasteiger partial charge >= 0.3 is 0 Å². The lowest BCUT2D eigenvalue weighted by molar-refractivity contribution is 0.0119. The van der Waals surface area contributed by atoms with Crippen LogP contribution in [0.3, 0.4) is 0 Å². The van der Waals surface area contributed by atoms with Gasteiger partial charge in [0, 0.05) is 31.9 Å². The minimum atomic E-state index is -0.470. The third-order valence-corrected chi connectivity index (χ3v) is 4.55. The lowest BCUT2D eigenvalue weighted by Gasteiger charge is -2.34. The Morgan fingerprint density at radius 2 is 2.12 bits per heavy atom. The second-order valence-electron chi connectivity index (χ2n) is 5.93. The first kappa shape index (κ1) is 16.4. The molecule has 0 aromatic carbocycles. The van der Waals surface area contributed by atoms with E-state index in [0.29, 0.717) is 17.4 Å². The smallest absolute Gasteiger partial charge is 0.266 e. The first-order chi connectivity index (χ1) is 11.6. The molecule has 24 heavy (non-hydrogen) atoms. The zero-order valence-electron chi connectivity index (χ0n) is 13.6. The molecule has 0 radical (unpaired) electrons. The van der Waals surface area contributed by atoms with Crippen molar-refractivity contribution in [3.8, 4) is 6.07 Å². The molecule has 2 aromatic rings. The Labute approximate surface area is 139 Å². The summed E-state index contributed by atoms with van der Waals surface area (Å²) in [6.45, 7) is 5.86. The molecule has 1 saturated heterocycles. The fourth-order valence-corrected chi connectivity index (χ4v) is 3.14. The van der Waals surface area contributed by atoms with E-state index in [-0.39, 0.29) is 17.2 Å². The van der Waals surface area contributed by atoms with Crippen LogP contribution in [0.25, 0.3) is 10.9 Å². The maximum Gasteiger partial charge on any atom is 0.266 e. The van der Waals surface area contributed by atoms with E-state index < -0.39 is 5.56 Å². The molecule has 7 heteroatoms. The largest absolute Gasteiger partial charge is 0.379 e. The van der Waals surface area contributed by atoms with Gasteiger partial charge in [0.1, 0.15) is 11.6 Å². The van der Waals surface area contributed by atoms with E-state index in [4.69, 9.17) is 10.00 Å². The molecule has 1 N–H and O–H groups in total. The van der Waals surface area contributed by atoms with Crippen molar-refractivity contribution in [1.29, 1.82) is 5.26 Å². The summed E-state index contributed by atoms with van der Waals surface area (Å²) in [5, 5.41) is 9.36. The monoisotopic (exact) mass is 328 g/mol. The van der Waals surface area contributed by atoms with Gasteiger partial charge in [0.05, 0.1) is 24.1 Å². The molecular formula is C17H20N4O3. The average Bonchev–Trinajstić information content (AvgIpc) is 2.61. The Kier molecular flexibility index (Phi) is 4.79. The van der Waals surface area contributed by atoms with Gasteiger partial charge in [-0.25, -0.2) is 0 Å². The summed E-state index contributed by atoms with van der Waals surface area (Å²) in [5.74, 6) is 0. The van der Waals surface area contributed by atoms with Crippen LogP contribution in [0, 0.1) is 11.3 Å². The molecule has 1 atom stereocenters. The topological polar surface area (TPSA) is 91.1 Å². The summed E-state index contributed by atoms with van der Waals surface area (Å²) in [5.41, 5.74) is -0.244. The van der Waals surface area contributed by atoms with Gasteiger partial charge in [-0.1, -0.05) is 6.92 Å². The Balaban J connectivity index is 1.96. The van der Waals surface area contributed by atoms with Crippen LogP contribution in [0.15, 0.2) is 27.9 Å². The highest BCUT2D eigenvalue weighted by Gasteiger charge is 2.20. The van der Waals surface area contributed by atoms with Crippen molar-refractivity contribution >= 4 is 10.9 Å². The number of hydrogen-bond acceptors (Lipinski definition) is 5. The highest BCUT2D eigenvalue weighted by molar-refractivity contribution is 5.78. The summed E-state index contributed by atoms with van der Waals surface area (Å²) in [6.07, 6.45) is 2.63. The van der Waals surface area contributed by atoms with Crippen LogP contribution in [-0.4, -0.2) is 46.8 Å². The number of nitrogens with one attached hydrogen (secondary N) is 1. The van der Waals surface area contributed by atoms with Crippen molar-refractivity contribution in [1.82, 2.24) is 14.5 Å². The van der Waals surface area contributed by atoms with Crippen LogP contribution < -0.4 is 11.1 Å². The molecule has 1 aliphatic heterocycles. The maximum atomic E-state index is 12.7. The fourth-order valence-electron chi connectivity index (χ4n) is 3.14. The molecule has 0 bridgehead atoms. The van der Waals surface area contributed by atoms with Crippen molar-refractivity contribution in [2.45, 2.75) is 25.9 Å². The normalized spacial score (nSPS) is 16.8. The number of aromatic amines is 1. The van der Waals surface area contributed by atoms with E-state index in [1.165, 1.54) is 6.07 Å². The van der Waals surface area contributed by atoms with E-state index in [0.717, 1.165) is 32.7 Å². The molecule has 3 rings (SSSR count). The van der Waals surface area contributed by atoms with E-state index in [9.17, 15) is 9.59 Å². The number of fused-ring (bicyclic) bond motifs is 1. The summed E-state index contributed by atoms with van der Waals surface area (Å²) in [7, 11) is 0. The standard InChI is InChI=1S/C17H20N4O3/c1-2-13(20-5-7-24-8-6-20)11-21-4-3-15-14(17(21)23)9-12(10-18)16(22)19-15/h3-4,9,13H,2,5-8,11H2,1H3,(H,19,22)/t13-/m1/s1. The minimum Gasteiger partial charge on any atom is -0.379 e. The molecule has 1 aliphatic rings. The molecule has 3 heterocycles. The van der Waals surface area contributed by atoms with Crippen LogP contribution in [0.4, 0.5) is 0 Å². The predicted octanol–water partition coefficient (Wildman–Crippen LogP) is 0.672. The third-order valence-electron chi connectivity index (χ3n) is 4.55. The second kappa shape index (κ2) is 6.99. The van der Waals surface area contributed by atoms with Crippen LogP contribution in [0.1, 0.15) is 18.9 Å². The van der Waals surface area contributed by atoms with Crippen LogP contribution in [0.2, 0.25) is 0 Å². The maximum absolute atomic E-state index is 12.7. The molecule has 2 aromatic heterocycles. The molecule has 7 nitrogen and oxygen atoms in total. The number of H-pyrrole nitrogens is 1. The van der Waals surface area contributed by atoms with Gasteiger partial charge in [-0.05, 0) is 18.6 Å². The number of hydrogen-bond donors (Lipinski definition) is 1. The van der Waals surface area contributed by atoms with E-state index in [1.807, 2.05) is 6.07 Å². The van der Waals surface area contributed by atoms with Gasteiger partial charge in [-0.15, -0.1) is 0 Å². The van der Waals surface area contributed by atoms with Gasteiger partial charge in [0.15, 0.2) is 0 Å². The second-order valence-corrected chi connectivity index (χ2v) is 5.93. The van der Waals surface area contributed by atoms with Gasteiger partial charge in [0.2, 0.25) is 0 Å². The lowest BCUT2D eigenvalue weighted by atomic mass is 10.1. The summed E-state index contributed by atoms with van der Waals surface area (Å²) < 4.78 is 7.05. The summed E-state index contributed by atoms with van der Waals surface area (Å²) in [4.78, 5) is 29.3. The number of ether oxygens (including phenoxy) is 1. The van der Waals surface area contributed by atoms with Crippen molar-refractivity contribution in [3.63, 3.8) is 0 Å². The Morgan fingerprint density at radius 3 is 2.79 bits per heavy atom. The SMILES string of the molecule is CC[C@H](Cn1ccc2[nH]c(=O)c(C#N)cc2c1=O)N1CCOCC1. The summed E-state index contributed by atoms with van der Waals surface area (Å²) >= 11 is 0. The predicted molar refractivity (Wildman–Crippen MR) is 90.0 cm³/mol. The van der Waals surface area contributed by atoms with Crippen molar-refractivity contribution in [2.24, 2.45) is 0 Å². The minimum absolute atomic E-state index is 0.0439. The molecule has 126 valence electrons. The van der Waals surface area contributed by atoms with Gasteiger partial charge in [-0.3, -0.25) is 14.5 Å². The fraction of sp³-hybridized carbons (Fsp3) is 0.471. The number of morpholine rings is 1. The zero-order valence-corrected chi connectivity index (χ0v) is 13.6. The number of rotatable bonds is 4. The number of nitriles is 1. The van der Waals surface area contributed by atoms with Gasteiger partial charge < -0.3 is 14.3 Å². The highest BCUT2D eigenvalue weighted by atomic mass is 16.5. The van der Waals surface area contributed by atoms with Crippen LogP contribution in [-0.2, 0) is 11.3 Å². The number of pyridine rings is 2. The van der Waals surface area contributed by atoms with E-state index in [2.05, 4.69) is 16.8 Å². The lowest BCUT2D eigenvalue weighted by Crippen LogP contribution is -2.46. The van der Waals surface area contributed by atoms with Gasteiger partial charge in [0.25, 0.3) is 11.1 Å². The molecule has 0 amide bonds.